The molecule has 2 aromatic rings. The maximum atomic E-state index is 12.5. The number of amides is 1. The molecule has 1 aromatic heterocycles. The second-order valence-corrected chi connectivity index (χ2v) is 14.6. The van der Waals surface area contributed by atoms with Crippen molar-refractivity contribution in [1.82, 2.24) is 10.3 Å². The summed E-state index contributed by atoms with van der Waals surface area (Å²) in [5, 5.41) is 5.01. The van der Waals surface area contributed by atoms with Crippen molar-refractivity contribution < 1.29 is 9.32 Å². The van der Waals surface area contributed by atoms with E-state index >= 15 is 0 Å². The molecular formula is C23H35N3O2Si. The Bertz CT molecular complexity index is 807. The van der Waals surface area contributed by atoms with Gasteiger partial charge in [0.25, 0.3) is 5.91 Å². The molecule has 0 aliphatic rings. The molecule has 0 aliphatic heterocycles. The molecule has 29 heavy (non-hydrogen) atoms. The average Bonchev–Trinajstić information content (AvgIpc) is 2.63. The Labute approximate surface area is 176 Å². The van der Waals surface area contributed by atoms with Crippen molar-refractivity contribution in [3.8, 4) is 0 Å². The molecule has 0 unspecified atom stereocenters. The van der Waals surface area contributed by atoms with Gasteiger partial charge in [0.1, 0.15) is 0 Å². The highest BCUT2D eigenvalue weighted by Gasteiger charge is 2.42. The van der Waals surface area contributed by atoms with E-state index in [1.807, 2.05) is 47.5 Å². The number of rotatable bonds is 6. The SMILES string of the molecule is CC(C)(C)N(O[Si](C)(C)C(C)(C)C)c1ccc(C(=O)NCc2ccccn2)cc1. The zero-order valence-corrected chi connectivity index (χ0v) is 20.0. The fourth-order valence-corrected chi connectivity index (χ4v) is 3.58. The van der Waals surface area contributed by atoms with E-state index < -0.39 is 8.32 Å². The zero-order valence-electron chi connectivity index (χ0n) is 19.0. The van der Waals surface area contributed by atoms with Crippen molar-refractivity contribution in [2.24, 2.45) is 0 Å². The normalized spacial score (nSPS) is 12.6. The Hall–Kier alpha value is -2.18. The first-order valence-electron chi connectivity index (χ1n) is 10.1. The summed E-state index contributed by atoms with van der Waals surface area (Å²) in [6.07, 6.45) is 1.72. The van der Waals surface area contributed by atoms with Gasteiger partial charge in [-0.1, -0.05) is 26.8 Å². The second kappa shape index (κ2) is 8.67. The first kappa shape index (κ1) is 23.1. The van der Waals surface area contributed by atoms with Crippen LogP contribution in [0.25, 0.3) is 0 Å². The number of aromatic nitrogens is 1. The molecule has 0 saturated heterocycles. The number of carbonyl (C=O) groups is 1. The summed E-state index contributed by atoms with van der Waals surface area (Å²) in [6.45, 7) is 18.0. The monoisotopic (exact) mass is 413 g/mol. The molecule has 0 spiro atoms. The van der Waals surface area contributed by atoms with Crippen molar-refractivity contribution in [3.63, 3.8) is 0 Å². The van der Waals surface area contributed by atoms with Gasteiger partial charge in [0, 0.05) is 11.8 Å². The summed E-state index contributed by atoms with van der Waals surface area (Å²) in [5.41, 5.74) is 2.19. The highest BCUT2D eigenvalue weighted by atomic mass is 28.4. The van der Waals surface area contributed by atoms with Crippen LogP contribution in [0.15, 0.2) is 48.7 Å². The maximum absolute atomic E-state index is 12.5. The van der Waals surface area contributed by atoms with Gasteiger partial charge in [-0.05, 0) is 75.3 Å². The number of pyridine rings is 1. The van der Waals surface area contributed by atoms with Crippen molar-refractivity contribution in [3.05, 3.63) is 59.9 Å². The summed E-state index contributed by atoms with van der Waals surface area (Å²) >= 11 is 0. The molecule has 2 rings (SSSR count). The minimum Gasteiger partial charge on any atom is -0.346 e. The number of carbonyl (C=O) groups excluding carboxylic acids is 1. The predicted molar refractivity (Wildman–Crippen MR) is 122 cm³/mol. The lowest BCUT2D eigenvalue weighted by molar-refractivity contribution is 0.0950. The third kappa shape index (κ3) is 6.15. The van der Waals surface area contributed by atoms with E-state index in [1.54, 1.807) is 6.20 Å². The molecule has 0 radical (unpaired) electrons. The van der Waals surface area contributed by atoms with Gasteiger partial charge in [-0.25, -0.2) is 0 Å². The van der Waals surface area contributed by atoms with Gasteiger partial charge < -0.3 is 9.84 Å². The van der Waals surface area contributed by atoms with Crippen LogP contribution in [0.2, 0.25) is 18.1 Å². The highest BCUT2D eigenvalue weighted by Crippen LogP contribution is 2.39. The molecule has 1 heterocycles. The molecule has 1 aromatic carbocycles. The van der Waals surface area contributed by atoms with Crippen LogP contribution in [0.1, 0.15) is 57.6 Å². The molecule has 0 atom stereocenters. The summed E-state index contributed by atoms with van der Waals surface area (Å²) in [5.74, 6) is -0.116. The summed E-state index contributed by atoms with van der Waals surface area (Å²) < 4.78 is 6.62. The van der Waals surface area contributed by atoms with Gasteiger partial charge in [-0.3, -0.25) is 14.8 Å². The lowest BCUT2D eigenvalue weighted by Gasteiger charge is -2.45. The first-order chi connectivity index (χ1) is 13.3. The van der Waals surface area contributed by atoms with Crippen molar-refractivity contribution >= 4 is 19.9 Å². The molecule has 5 nitrogen and oxygen atoms in total. The van der Waals surface area contributed by atoms with E-state index in [4.69, 9.17) is 4.53 Å². The van der Waals surface area contributed by atoms with Crippen LogP contribution in [-0.2, 0) is 11.1 Å². The molecular weight excluding hydrogens is 378 g/mol. The summed E-state index contributed by atoms with van der Waals surface area (Å²) in [6, 6.07) is 13.3. The number of hydrogen-bond acceptors (Lipinski definition) is 4. The number of benzene rings is 1. The van der Waals surface area contributed by atoms with Crippen LogP contribution >= 0.6 is 0 Å². The number of anilines is 1. The molecule has 0 fully saturated rings. The van der Waals surface area contributed by atoms with Crippen LogP contribution in [0, 0.1) is 0 Å². The molecule has 1 N–H and O–H groups in total. The van der Waals surface area contributed by atoms with Crippen molar-refractivity contribution in [1.29, 1.82) is 0 Å². The smallest absolute Gasteiger partial charge is 0.251 e. The maximum Gasteiger partial charge on any atom is 0.251 e. The molecule has 0 aliphatic carbocycles. The fraction of sp³-hybridized carbons (Fsp3) is 0.478. The van der Waals surface area contributed by atoms with Gasteiger partial charge in [-0.15, -0.1) is 0 Å². The second-order valence-electron chi connectivity index (χ2n) is 9.87. The first-order valence-corrected chi connectivity index (χ1v) is 13.0. The van der Waals surface area contributed by atoms with Gasteiger partial charge in [0.2, 0.25) is 8.32 Å². The zero-order chi connectivity index (χ0) is 21.9. The summed E-state index contributed by atoms with van der Waals surface area (Å²) in [7, 11) is -2.01. The lowest BCUT2D eigenvalue weighted by atomic mass is 10.1. The standard InChI is InChI=1S/C23H35N3O2Si/c1-22(2,3)26(28-29(7,8)23(4,5)6)20-14-12-18(13-15-20)21(27)25-17-19-11-9-10-16-24-19/h9-16H,17H2,1-8H3,(H,25,27). The lowest BCUT2D eigenvalue weighted by Crippen LogP contribution is -2.52. The number of hydrogen-bond donors (Lipinski definition) is 1. The van der Waals surface area contributed by atoms with Gasteiger partial charge in [0.05, 0.1) is 23.5 Å². The predicted octanol–water partition coefficient (Wildman–Crippen LogP) is 5.55. The largest absolute Gasteiger partial charge is 0.346 e. The highest BCUT2D eigenvalue weighted by molar-refractivity contribution is 6.74. The van der Waals surface area contributed by atoms with Gasteiger partial charge in [-0.2, -0.15) is 0 Å². The van der Waals surface area contributed by atoms with Crippen molar-refractivity contribution in [2.45, 2.75) is 71.8 Å². The van der Waals surface area contributed by atoms with Crippen molar-refractivity contribution in [2.75, 3.05) is 5.06 Å². The van der Waals surface area contributed by atoms with Crippen LogP contribution in [0.5, 0.6) is 0 Å². The van der Waals surface area contributed by atoms with Gasteiger partial charge in [0.15, 0.2) is 0 Å². The molecule has 6 heteroatoms. The molecule has 158 valence electrons. The van der Waals surface area contributed by atoms with E-state index in [9.17, 15) is 4.79 Å². The molecule has 1 amide bonds. The van der Waals surface area contributed by atoms with E-state index in [1.165, 1.54) is 0 Å². The Kier molecular flexibility index (Phi) is 6.91. The number of nitrogens with zero attached hydrogens (tertiary/aromatic N) is 2. The minimum atomic E-state index is -2.01. The Morgan fingerprint density at radius 2 is 1.66 bits per heavy atom. The quantitative estimate of drug-likeness (QED) is 0.498. The number of hydroxylamine groups is 1. The fourth-order valence-electron chi connectivity index (χ4n) is 2.47. The topological polar surface area (TPSA) is 54.5 Å². The summed E-state index contributed by atoms with van der Waals surface area (Å²) in [4.78, 5) is 16.7. The number of nitrogens with one attached hydrogen (secondary N) is 1. The van der Waals surface area contributed by atoms with E-state index in [0.29, 0.717) is 12.1 Å². The third-order valence-corrected chi connectivity index (χ3v) is 9.51. The third-order valence-electron chi connectivity index (χ3n) is 5.26. The molecule has 0 saturated carbocycles. The average molecular weight is 414 g/mol. The van der Waals surface area contributed by atoms with E-state index in [-0.39, 0.29) is 16.5 Å². The minimum absolute atomic E-state index is 0.0990. The molecule has 0 bridgehead atoms. The van der Waals surface area contributed by atoms with Crippen LogP contribution in [0.4, 0.5) is 5.69 Å². The Balaban J connectivity index is 2.15. The van der Waals surface area contributed by atoms with Gasteiger partial charge >= 0.3 is 0 Å². The van der Waals surface area contributed by atoms with Crippen LogP contribution in [-0.4, -0.2) is 24.7 Å². The Morgan fingerprint density at radius 3 is 2.14 bits per heavy atom. The van der Waals surface area contributed by atoms with Crippen LogP contribution < -0.4 is 10.4 Å². The Morgan fingerprint density at radius 1 is 1.03 bits per heavy atom. The van der Waals surface area contributed by atoms with E-state index in [2.05, 4.69) is 64.9 Å². The van der Waals surface area contributed by atoms with E-state index in [0.717, 1.165) is 11.4 Å². The van der Waals surface area contributed by atoms with Crippen LogP contribution in [0.3, 0.4) is 0 Å².